The van der Waals surface area contributed by atoms with Gasteiger partial charge < -0.3 is 18.8 Å². The van der Waals surface area contributed by atoms with E-state index in [0.29, 0.717) is 41.9 Å². The second-order valence-corrected chi connectivity index (χ2v) is 8.12. The lowest BCUT2D eigenvalue weighted by Gasteiger charge is -2.25. The third-order valence-electron chi connectivity index (χ3n) is 5.53. The standard InChI is InChI=1S/C25H27NO5/c1-15(2)30-12-6-11-26-22(17-7-5-8-18(14-17)29-4)21-23(27)19-13-16(3)9-10-20(19)31-24(21)25(26)28/h5,7-10,13-15,22H,6,11-12H2,1-4H3/t22-/m0/s1. The van der Waals surface area contributed by atoms with E-state index in [1.54, 1.807) is 18.1 Å². The predicted octanol–water partition coefficient (Wildman–Crippen LogP) is 4.47. The molecule has 0 radical (unpaired) electrons. The number of aryl methyl sites for hydroxylation is 1. The van der Waals surface area contributed by atoms with Gasteiger partial charge in [-0.1, -0.05) is 23.8 Å². The van der Waals surface area contributed by atoms with Crippen LogP contribution in [-0.4, -0.2) is 37.2 Å². The zero-order valence-electron chi connectivity index (χ0n) is 18.3. The fourth-order valence-corrected chi connectivity index (χ4v) is 4.08. The summed E-state index contributed by atoms with van der Waals surface area (Å²) in [4.78, 5) is 28.6. The highest BCUT2D eigenvalue weighted by atomic mass is 16.5. The molecule has 1 aliphatic rings. The summed E-state index contributed by atoms with van der Waals surface area (Å²) >= 11 is 0. The molecule has 0 saturated carbocycles. The maximum Gasteiger partial charge on any atom is 0.290 e. The van der Waals surface area contributed by atoms with Gasteiger partial charge in [0.05, 0.1) is 30.2 Å². The Morgan fingerprint density at radius 1 is 1.13 bits per heavy atom. The van der Waals surface area contributed by atoms with Crippen molar-refractivity contribution in [3.05, 3.63) is 75.1 Å². The fraction of sp³-hybridized carbons (Fsp3) is 0.360. The van der Waals surface area contributed by atoms with Crippen LogP contribution >= 0.6 is 0 Å². The Labute approximate surface area is 181 Å². The Hall–Kier alpha value is -3.12. The number of fused-ring (bicyclic) bond motifs is 2. The number of hydrogen-bond acceptors (Lipinski definition) is 5. The van der Waals surface area contributed by atoms with Gasteiger partial charge in [0.15, 0.2) is 5.43 Å². The van der Waals surface area contributed by atoms with E-state index < -0.39 is 6.04 Å². The van der Waals surface area contributed by atoms with Crippen LogP contribution in [0.5, 0.6) is 5.75 Å². The van der Waals surface area contributed by atoms with E-state index in [1.807, 2.05) is 57.2 Å². The van der Waals surface area contributed by atoms with Crippen LogP contribution in [-0.2, 0) is 4.74 Å². The molecule has 1 atom stereocenters. The Bertz CT molecular complexity index is 1180. The van der Waals surface area contributed by atoms with Gasteiger partial charge in [-0.15, -0.1) is 0 Å². The highest BCUT2D eigenvalue weighted by molar-refractivity contribution is 5.99. The normalized spacial score (nSPS) is 15.7. The van der Waals surface area contributed by atoms with Crippen molar-refractivity contribution in [2.75, 3.05) is 20.3 Å². The molecule has 0 N–H and O–H groups in total. The molecule has 2 heterocycles. The van der Waals surface area contributed by atoms with Crippen molar-refractivity contribution in [1.82, 2.24) is 4.90 Å². The molecule has 3 aromatic rings. The fourth-order valence-electron chi connectivity index (χ4n) is 4.08. The van der Waals surface area contributed by atoms with Crippen molar-refractivity contribution >= 4 is 16.9 Å². The highest BCUT2D eigenvalue weighted by Gasteiger charge is 2.42. The molecule has 4 rings (SSSR count). The van der Waals surface area contributed by atoms with Gasteiger partial charge in [0.2, 0.25) is 5.76 Å². The average Bonchev–Trinajstić information content (AvgIpc) is 3.04. The monoisotopic (exact) mass is 421 g/mol. The molecule has 1 amide bonds. The smallest absolute Gasteiger partial charge is 0.290 e. The first-order valence-corrected chi connectivity index (χ1v) is 10.5. The molecule has 0 saturated heterocycles. The van der Waals surface area contributed by atoms with Crippen LogP contribution in [0.3, 0.4) is 0 Å². The molecule has 1 aromatic heterocycles. The molecule has 0 unspecified atom stereocenters. The quantitative estimate of drug-likeness (QED) is 0.527. The third-order valence-corrected chi connectivity index (χ3v) is 5.53. The molecule has 0 aliphatic carbocycles. The number of ether oxygens (including phenoxy) is 2. The Kier molecular flexibility index (Phi) is 5.83. The third kappa shape index (κ3) is 3.95. The van der Waals surface area contributed by atoms with Gasteiger partial charge in [-0.3, -0.25) is 9.59 Å². The predicted molar refractivity (Wildman–Crippen MR) is 119 cm³/mol. The van der Waals surface area contributed by atoms with Gasteiger partial charge in [-0.25, -0.2) is 0 Å². The van der Waals surface area contributed by atoms with E-state index in [9.17, 15) is 9.59 Å². The summed E-state index contributed by atoms with van der Waals surface area (Å²) in [6, 6.07) is 12.4. The van der Waals surface area contributed by atoms with Gasteiger partial charge in [-0.2, -0.15) is 0 Å². The second kappa shape index (κ2) is 8.55. The zero-order chi connectivity index (χ0) is 22.1. The number of rotatable bonds is 7. The summed E-state index contributed by atoms with van der Waals surface area (Å²) in [6.07, 6.45) is 0.781. The molecule has 1 aliphatic heterocycles. The largest absolute Gasteiger partial charge is 0.497 e. The van der Waals surface area contributed by atoms with Crippen LogP contribution in [0.4, 0.5) is 0 Å². The Morgan fingerprint density at radius 2 is 1.94 bits per heavy atom. The molecule has 31 heavy (non-hydrogen) atoms. The van der Waals surface area contributed by atoms with Crippen molar-refractivity contribution in [1.29, 1.82) is 0 Å². The Morgan fingerprint density at radius 3 is 2.68 bits per heavy atom. The summed E-state index contributed by atoms with van der Waals surface area (Å²) in [7, 11) is 1.60. The minimum atomic E-state index is -0.530. The van der Waals surface area contributed by atoms with Gasteiger partial charge in [0.1, 0.15) is 11.3 Å². The van der Waals surface area contributed by atoms with Crippen LogP contribution < -0.4 is 10.2 Å². The van der Waals surface area contributed by atoms with Gasteiger partial charge in [0.25, 0.3) is 5.91 Å². The van der Waals surface area contributed by atoms with Crippen LogP contribution in [0.15, 0.2) is 51.7 Å². The van der Waals surface area contributed by atoms with Crippen molar-refractivity contribution in [3.63, 3.8) is 0 Å². The lowest BCUT2D eigenvalue weighted by Crippen LogP contribution is -2.31. The van der Waals surface area contributed by atoms with Crippen LogP contribution in [0, 0.1) is 6.92 Å². The lowest BCUT2D eigenvalue weighted by atomic mass is 9.98. The van der Waals surface area contributed by atoms with E-state index in [-0.39, 0.29) is 23.2 Å². The van der Waals surface area contributed by atoms with E-state index in [1.165, 1.54) is 0 Å². The molecule has 162 valence electrons. The molecular formula is C25H27NO5. The maximum atomic E-state index is 13.5. The number of hydrogen-bond donors (Lipinski definition) is 0. The van der Waals surface area contributed by atoms with Gasteiger partial charge in [-0.05, 0) is 57.0 Å². The lowest BCUT2D eigenvalue weighted by molar-refractivity contribution is 0.0593. The van der Waals surface area contributed by atoms with Crippen LogP contribution in [0.2, 0.25) is 0 Å². The van der Waals surface area contributed by atoms with Gasteiger partial charge in [0, 0.05) is 13.2 Å². The zero-order valence-corrected chi connectivity index (χ0v) is 18.3. The maximum absolute atomic E-state index is 13.5. The number of carbonyl (C=O) groups is 1. The summed E-state index contributed by atoms with van der Waals surface area (Å²) < 4.78 is 17.0. The molecule has 2 aromatic carbocycles. The van der Waals surface area contributed by atoms with Crippen molar-refractivity contribution in [2.24, 2.45) is 0 Å². The minimum Gasteiger partial charge on any atom is -0.497 e. The molecule has 0 fully saturated rings. The van der Waals surface area contributed by atoms with Gasteiger partial charge >= 0.3 is 0 Å². The minimum absolute atomic E-state index is 0.123. The molecular weight excluding hydrogens is 394 g/mol. The second-order valence-electron chi connectivity index (χ2n) is 8.12. The first kappa shape index (κ1) is 21.1. The number of carbonyl (C=O) groups excluding carboxylic acids is 1. The van der Waals surface area contributed by atoms with Crippen molar-refractivity contribution < 1.29 is 18.7 Å². The average molecular weight is 421 g/mol. The number of methoxy groups -OCH3 is 1. The molecule has 0 spiro atoms. The number of amides is 1. The first-order valence-electron chi connectivity index (χ1n) is 10.5. The van der Waals surface area contributed by atoms with E-state index in [4.69, 9.17) is 13.9 Å². The van der Waals surface area contributed by atoms with E-state index in [2.05, 4.69) is 0 Å². The summed E-state index contributed by atoms with van der Waals surface area (Å²) in [5.41, 5.74) is 2.43. The SMILES string of the molecule is COc1cccc([C@H]2c3c(oc4ccc(C)cc4c3=O)C(=O)N2CCCOC(C)C)c1. The number of nitrogens with zero attached hydrogens (tertiary/aromatic N) is 1. The van der Waals surface area contributed by atoms with E-state index in [0.717, 1.165) is 11.1 Å². The van der Waals surface area contributed by atoms with Crippen molar-refractivity contribution in [2.45, 2.75) is 39.3 Å². The Balaban J connectivity index is 1.83. The molecule has 6 nitrogen and oxygen atoms in total. The highest BCUT2D eigenvalue weighted by Crippen LogP contribution is 2.39. The summed E-state index contributed by atoms with van der Waals surface area (Å²) in [5, 5.41) is 0.490. The van der Waals surface area contributed by atoms with Crippen LogP contribution in [0.1, 0.15) is 53.6 Å². The molecule has 0 bridgehead atoms. The number of benzene rings is 2. The van der Waals surface area contributed by atoms with E-state index >= 15 is 0 Å². The summed E-state index contributed by atoms with van der Waals surface area (Å²) in [5.74, 6) is 0.522. The topological polar surface area (TPSA) is 69.0 Å². The van der Waals surface area contributed by atoms with Crippen molar-refractivity contribution in [3.8, 4) is 5.75 Å². The molecule has 6 heteroatoms. The first-order chi connectivity index (χ1) is 14.9. The van der Waals surface area contributed by atoms with Crippen LogP contribution in [0.25, 0.3) is 11.0 Å². The summed E-state index contributed by atoms with van der Waals surface area (Å²) in [6.45, 7) is 6.87.